The summed E-state index contributed by atoms with van der Waals surface area (Å²) in [5, 5.41) is 3.89. The minimum atomic E-state index is 0.532. The van der Waals surface area contributed by atoms with E-state index < -0.39 is 0 Å². The average Bonchev–Trinajstić information content (AvgIpc) is 3.23. The molecule has 2 heteroatoms. The first-order valence-corrected chi connectivity index (χ1v) is 15.6. The fourth-order valence-corrected chi connectivity index (χ4v) is 9.74. The first-order chi connectivity index (χ1) is 16.9. The molecule has 4 unspecified atom stereocenters. The molecule has 0 amide bonds. The fourth-order valence-electron chi connectivity index (χ4n) is 9.74. The number of fused-ring (bicyclic) bond motifs is 5. The lowest BCUT2D eigenvalue weighted by Gasteiger charge is -2.57. The molecule has 4 saturated carbocycles. The van der Waals surface area contributed by atoms with Gasteiger partial charge in [-0.3, -0.25) is 4.98 Å². The number of pyridine rings is 1. The zero-order valence-electron chi connectivity index (χ0n) is 24.2. The fraction of sp³-hybridized carbons (Fsp3) is 0.848. The molecule has 4 aliphatic rings. The summed E-state index contributed by atoms with van der Waals surface area (Å²) in [6, 6.07) is 4.82. The van der Waals surface area contributed by atoms with Crippen molar-refractivity contribution >= 4 is 5.69 Å². The van der Waals surface area contributed by atoms with E-state index >= 15 is 0 Å². The van der Waals surface area contributed by atoms with Gasteiger partial charge in [-0.25, -0.2) is 0 Å². The van der Waals surface area contributed by atoms with Crippen molar-refractivity contribution in [2.75, 3.05) is 5.32 Å². The van der Waals surface area contributed by atoms with Crippen LogP contribution in [0.25, 0.3) is 0 Å². The van der Waals surface area contributed by atoms with E-state index in [1.807, 2.05) is 20.0 Å². The van der Waals surface area contributed by atoms with Crippen molar-refractivity contribution in [1.29, 1.82) is 0 Å². The van der Waals surface area contributed by atoms with Crippen molar-refractivity contribution in [1.82, 2.24) is 4.98 Å². The molecule has 0 saturated heterocycles. The first kappa shape index (κ1) is 27.0. The predicted molar refractivity (Wildman–Crippen MR) is 152 cm³/mol. The third kappa shape index (κ3) is 5.33. The highest BCUT2D eigenvalue weighted by Gasteiger charge is 2.57. The molecule has 1 heterocycles. The van der Waals surface area contributed by atoms with Crippen molar-refractivity contribution in [3.8, 4) is 0 Å². The Kier molecular flexibility index (Phi) is 8.91. The standard InChI is InChI=1S/C31H50N2.C2H6/c1-6-20(2)18-23-9-11-25-24(19-23)10-12-27-26(25)15-16-31(5)28(13-14-29(27)31)21(3)33-30-8-7-17-32-22(30)4;1-2/h7-8,17,20-21,23-29,33H,6,9-16,18-19H2,1-5H3;1-2H3/t20?,21-,23-,24-,25+,26-,27?,28?,29+,31?;/m1./s1. The molecule has 1 aromatic heterocycles. The van der Waals surface area contributed by atoms with E-state index in [1.54, 1.807) is 25.7 Å². The number of rotatable bonds is 6. The Morgan fingerprint density at radius 3 is 2.51 bits per heavy atom. The van der Waals surface area contributed by atoms with E-state index in [4.69, 9.17) is 0 Å². The molecule has 0 spiro atoms. The minimum Gasteiger partial charge on any atom is -0.381 e. The first-order valence-electron chi connectivity index (χ1n) is 15.6. The van der Waals surface area contributed by atoms with Gasteiger partial charge in [-0.2, -0.15) is 0 Å². The van der Waals surface area contributed by atoms with Gasteiger partial charge >= 0.3 is 0 Å². The molecule has 0 bridgehead atoms. The summed E-state index contributed by atoms with van der Waals surface area (Å²) in [6.45, 7) is 16.1. The number of aromatic nitrogens is 1. The number of anilines is 1. The third-order valence-electron chi connectivity index (χ3n) is 11.6. The predicted octanol–water partition coefficient (Wildman–Crippen LogP) is 9.54. The Bertz CT molecular complexity index is 804. The number of hydrogen-bond donors (Lipinski definition) is 1. The Morgan fingerprint density at radius 2 is 1.77 bits per heavy atom. The quantitative estimate of drug-likeness (QED) is 0.438. The zero-order valence-corrected chi connectivity index (χ0v) is 24.2. The van der Waals surface area contributed by atoms with Crippen LogP contribution in [-0.4, -0.2) is 11.0 Å². The van der Waals surface area contributed by atoms with Crippen LogP contribution in [0, 0.1) is 59.7 Å². The summed E-state index contributed by atoms with van der Waals surface area (Å²) >= 11 is 0. The van der Waals surface area contributed by atoms with Crippen LogP contribution in [0.5, 0.6) is 0 Å². The Morgan fingerprint density at radius 1 is 1.00 bits per heavy atom. The maximum absolute atomic E-state index is 4.51. The number of hydrogen-bond acceptors (Lipinski definition) is 2. The van der Waals surface area contributed by atoms with Gasteiger partial charge in [-0.05, 0) is 137 Å². The van der Waals surface area contributed by atoms with Crippen LogP contribution in [0.15, 0.2) is 18.3 Å². The van der Waals surface area contributed by atoms with Crippen LogP contribution in [-0.2, 0) is 0 Å². The Balaban J connectivity index is 0.00000141. The van der Waals surface area contributed by atoms with Gasteiger partial charge in [0.25, 0.3) is 0 Å². The summed E-state index contributed by atoms with van der Waals surface area (Å²) in [7, 11) is 0. The van der Waals surface area contributed by atoms with Crippen LogP contribution in [0.1, 0.15) is 118 Å². The molecule has 1 aromatic rings. The van der Waals surface area contributed by atoms with Gasteiger partial charge in [0.05, 0.1) is 11.4 Å². The van der Waals surface area contributed by atoms with Gasteiger partial charge in [-0.1, -0.05) is 47.5 Å². The molecular weight excluding hydrogens is 424 g/mol. The van der Waals surface area contributed by atoms with Crippen LogP contribution in [0.2, 0.25) is 0 Å². The minimum absolute atomic E-state index is 0.532. The van der Waals surface area contributed by atoms with E-state index in [-0.39, 0.29) is 0 Å². The Labute approximate surface area is 217 Å². The van der Waals surface area contributed by atoms with E-state index in [2.05, 4.69) is 57.1 Å². The lowest BCUT2D eigenvalue weighted by molar-refractivity contribution is -0.0702. The van der Waals surface area contributed by atoms with Crippen LogP contribution >= 0.6 is 0 Å². The summed E-state index contributed by atoms with van der Waals surface area (Å²) in [5.74, 6) is 7.93. The lowest BCUT2D eigenvalue weighted by atomic mass is 9.49. The largest absolute Gasteiger partial charge is 0.381 e. The molecule has 5 rings (SSSR count). The molecule has 1 N–H and O–H groups in total. The highest BCUT2D eigenvalue weighted by atomic mass is 14.9. The number of nitrogens with one attached hydrogen (secondary N) is 1. The van der Waals surface area contributed by atoms with E-state index in [1.165, 1.54) is 50.6 Å². The zero-order chi connectivity index (χ0) is 25.2. The highest BCUT2D eigenvalue weighted by molar-refractivity contribution is 5.47. The SMILES string of the molecule is CC.CCC(C)C[C@H]1CC[C@H]2[C@H](CCC3[C@@H]2CCC2(C)C([C@@H](C)Nc4cccnc4C)CC[C@@H]32)C1. The van der Waals surface area contributed by atoms with Gasteiger partial charge in [0.15, 0.2) is 0 Å². The second-order valence-electron chi connectivity index (χ2n) is 13.2. The monoisotopic (exact) mass is 480 g/mol. The second kappa shape index (κ2) is 11.6. The van der Waals surface area contributed by atoms with E-state index in [9.17, 15) is 0 Å². The van der Waals surface area contributed by atoms with Gasteiger partial charge in [-0.15, -0.1) is 0 Å². The van der Waals surface area contributed by atoms with Crippen molar-refractivity contribution in [2.45, 2.75) is 125 Å². The molecule has 35 heavy (non-hydrogen) atoms. The smallest absolute Gasteiger partial charge is 0.0603 e. The van der Waals surface area contributed by atoms with Crippen molar-refractivity contribution in [3.63, 3.8) is 0 Å². The maximum atomic E-state index is 4.51. The topological polar surface area (TPSA) is 24.9 Å². The molecule has 4 aliphatic carbocycles. The maximum Gasteiger partial charge on any atom is 0.0603 e. The van der Waals surface area contributed by atoms with E-state index in [0.29, 0.717) is 11.5 Å². The highest BCUT2D eigenvalue weighted by Crippen LogP contribution is 2.65. The summed E-state index contributed by atoms with van der Waals surface area (Å²) < 4.78 is 0. The Hall–Kier alpha value is -1.05. The average molecular weight is 481 g/mol. The van der Waals surface area contributed by atoms with E-state index in [0.717, 1.165) is 53.0 Å². The molecule has 0 radical (unpaired) electrons. The third-order valence-corrected chi connectivity index (χ3v) is 11.6. The molecule has 0 aliphatic heterocycles. The molecule has 10 atom stereocenters. The van der Waals surface area contributed by atoms with Gasteiger partial charge < -0.3 is 5.32 Å². The van der Waals surface area contributed by atoms with Gasteiger partial charge in [0.1, 0.15) is 0 Å². The van der Waals surface area contributed by atoms with Crippen molar-refractivity contribution in [3.05, 3.63) is 24.0 Å². The van der Waals surface area contributed by atoms with Gasteiger partial charge in [0.2, 0.25) is 0 Å². The van der Waals surface area contributed by atoms with Crippen LogP contribution in [0.4, 0.5) is 5.69 Å². The van der Waals surface area contributed by atoms with Gasteiger partial charge in [0, 0.05) is 12.2 Å². The lowest BCUT2D eigenvalue weighted by Crippen LogP contribution is -2.50. The molecule has 198 valence electrons. The number of nitrogens with zero attached hydrogens (tertiary/aromatic N) is 1. The molecule has 2 nitrogen and oxygen atoms in total. The summed E-state index contributed by atoms with van der Waals surface area (Å²) in [4.78, 5) is 4.51. The van der Waals surface area contributed by atoms with Crippen LogP contribution in [0.3, 0.4) is 0 Å². The van der Waals surface area contributed by atoms with Crippen molar-refractivity contribution < 1.29 is 0 Å². The molecule has 0 aromatic carbocycles. The number of aryl methyl sites for hydroxylation is 1. The second-order valence-corrected chi connectivity index (χ2v) is 13.2. The van der Waals surface area contributed by atoms with Crippen LogP contribution < -0.4 is 5.32 Å². The van der Waals surface area contributed by atoms with Crippen molar-refractivity contribution in [2.24, 2.45) is 52.8 Å². The molecular formula is C33H56N2. The normalized spacial score (nSPS) is 39.8. The molecule has 4 fully saturated rings. The summed E-state index contributed by atoms with van der Waals surface area (Å²) in [5.41, 5.74) is 2.90. The summed E-state index contributed by atoms with van der Waals surface area (Å²) in [6.07, 6.45) is 18.4.